The van der Waals surface area contributed by atoms with Crippen LogP contribution in [0.5, 0.6) is 0 Å². The van der Waals surface area contributed by atoms with Crippen molar-refractivity contribution in [3.8, 4) is 0 Å². The summed E-state index contributed by atoms with van der Waals surface area (Å²) in [5, 5.41) is 8.07. The Kier molecular flexibility index (Phi) is 7.58. The predicted molar refractivity (Wildman–Crippen MR) is 127 cm³/mol. The van der Waals surface area contributed by atoms with Gasteiger partial charge in [0.15, 0.2) is 0 Å². The van der Waals surface area contributed by atoms with Gasteiger partial charge in [-0.1, -0.05) is 13.8 Å². The second-order valence-corrected chi connectivity index (χ2v) is 10.1. The molecular formula is C24H35F3N6O2. The van der Waals surface area contributed by atoms with E-state index in [0.717, 1.165) is 57.5 Å². The lowest BCUT2D eigenvalue weighted by Gasteiger charge is -2.37. The Hall–Kier alpha value is -2.37. The number of benzene rings is 1. The molecule has 0 unspecified atom stereocenters. The first-order chi connectivity index (χ1) is 16.6. The highest BCUT2D eigenvalue weighted by molar-refractivity contribution is 5.83. The molecule has 0 bridgehead atoms. The number of rotatable bonds is 7. The number of halogens is 3. The fourth-order valence-electron chi connectivity index (χ4n) is 5.55. The second-order valence-electron chi connectivity index (χ2n) is 10.1. The number of hydrazone groups is 1. The Balaban J connectivity index is 1.47. The third kappa shape index (κ3) is 5.57. The summed E-state index contributed by atoms with van der Waals surface area (Å²) in [7, 11) is 2.14. The van der Waals surface area contributed by atoms with Crippen molar-refractivity contribution in [3.05, 3.63) is 29.3 Å². The standard InChI is InChI=1S/C24H35F3N6O2/c1-16(2)23(7-4-20(13-23)32(3)19-5-8-35-9-6-19)22(34)28-14-17-10-18(24(25,26)27)12-21(11-17)33-15-29-30-31-33/h10-12,15-16,19-20,30-31H,4-9,13-14H2,1-3H3,(H,28,34)/t20-,23+/m1/s1. The highest BCUT2D eigenvalue weighted by Crippen LogP contribution is 2.46. The molecule has 4 rings (SSSR count). The predicted octanol–water partition coefficient (Wildman–Crippen LogP) is 3.40. The first kappa shape index (κ1) is 25.7. The van der Waals surface area contributed by atoms with Gasteiger partial charge in [0.2, 0.25) is 5.91 Å². The Morgan fingerprint density at radius 1 is 1.26 bits per heavy atom. The maximum atomic E-state index is 13.5. The van der Waals surface area contributed by atoms with Crippen LogP contribution >= 0.6 is 0 Å². The first-order valence-corrected chi connectivity index (χ1v) is 12.2. The molecule has 35 heavy (non-hydrogen) atoms. The van der Waals surface area contributed by atoms with Crippen molar-refractivity contribution >= 4 is 17.9 Å². The number of amides is 1. The molecule has 0 aromatic heterocycles. The van der Waals surface area contributed by atoms with Crippen molar-refractivity contribution in [1.29, 1.82) is 0 Å². The van der Waals surface area contributed by atoms with Gasteiger partial charge in [-0.25, -0.2) is 10.5 Å². The van der Waals surface area contributed by atoms with Crippen molar-refractivity contribution in [3.63, 3.8) is 0 Å². The van der Waals surface area contributed by atoms with Gasteiger partial charge >= 0.3 is 6.18 Å². The molecule has 1 aromatic carbocycles. The van der Waals surface area contributed by atoms with Crippen molar-refractivity contribution in [2.75, 3.05) is 25.3 Å². The number of ether oxygens (including phenoxy) is 1. The monoisotopic (exact) mass is 496 g/mol. The van der Waals surface area contributed by atoms with E-state index in [1.807, 2.05) is 0 Å². The second kappa shape index (κ2) is 10.3. The topological polar surface area (TPSA) is 81.2 Å². The Bertz CT molecular complexity index is 934. The molecule has 8 nitrogen and oxygen atoms in total. The van der Waals surface area contributed by atoms with Crippen LogP contribution in [0.25, 0.3) is 0 Å². The van der Waals surface area contributed by atoms with E-state index in [1.54, 1.807) is 6.07 Å². The molecule has 1 saturated carbocycles. The van der Waals surface area contributed by atoms with E-state index in [2.05, 4.69) is 47.3 Å². The van der Waals surface area contributed by atoms with Crippen LogP contribution in [-0.4, -0.2) is 49.5 Å². The van der Waals surface area contributed by atoms with Crippen molar-refractivity contribution in [2.24, 2.45) is 16.4 Å². The number of hydrazine groups is 2. The van der Waals surface area contributed by atoms with Gasteiger partial charge in [-0.15, -0.1) is 5.53 Å². The summed E-state index contributed by atoms with van der Waals surface area (Å²) in [6.45, 7) is 5.67. The lowest BCUT2D eigenvalue weighted by molar-refractivity contribution is -0.137. The van der Waals surface area contributed by atoms with Gasteiger partial charge in [0.1, 0.15) is 6.34 Å². The summed E-state index contributed by atoms with van der Waals surface area (Å²) < 4.78 is 46.1. The van der Waals surface area contributed by atoms with Gasteiger partial charge in [-0.3, -0.25) is 4.79 Å². The third-order valence-electron chi connectivity index (χ3n) is 7.87. The van der Waals surface area contributed by atoms with Crippen LogP contribution < -0.4 is 21.4 Å². The van der Waals surface area contributed by atoms with Crippen LogP contribution in [-0.2, 0) is 22.3 Å². The van der Waals surface area contributed by atoms with Crippen LogP contribution in [0.15, 0.2) is 23.3 Å². The van der Waals surface area contributed by atoms with Crippen LogP contribution in [0.2, 0.25) is 0 Å². The highest BCUT2D eigenvalue weighted by atomic mass is 19.4. The lowest BCUT2D eigenvalue weighted by Crippen LogP contribution is -2.46. The third-order valence-corrected chi connectivity index (χ3v) is 7.87. The van der Waals surface area contributed by atoms with Gasteiger partial charge in [-0.05, 0) is 68.8 Å². The fraction of sp³-hybridized carbons (Fsp3) is 0.667. The molecule has 11 heteroatoms. The molecule has 1 aliphatic carbocycles. The molecule has 0 spiro atoms. The first-order valence-electron chi connectivity index (χ1n) is 12.2. The average Bonchev–Trinajstić information content (AvgIpc) is 3.53. The molecule has 2 heterocycles. The van der Waals surface area contributed by atoms with Crippen LogP contribution in [0, 0.1) is 11.3 Å². The van der Waals surface area contributed by atoms with E-state index in [9.17, 15) is 18.0 Å². The van der Waals surface area contributed by atoms with Crippen molar-refractivity contribution in [2.45, 2.75) is 70.8 Å². The van der Waals surface area contributed by atoms with Crippen LogP contribution in [0.1, 0.15) is 57.1 Å². The minimum Gasteiger partial charge on any atom is -0.381 e. The molecule has 2 aliphatic heterocycles. The van der Waals surface area contributed by atoms with E-state index in [0.29, 0.717) is 17.6 Å². The zero-order chi connectivity index (χ0) is 25.2. The molecule has 1 saturated heterocycles. The smallest absolute Gasteiger partial charge is 0.381 e. The number of nitrogens with zero attached hydrogens (tertiary/aromatic N) is 3. The molecule has 2 atom stereocenters. The van der Waals surface area contributed by atoms with Gasteiger partial charge in [-0.2, -0.15) is 18.3 Å². The highest BCUT2D eigenvalue weighted by Gasteiger charge is 2.49. The minimum absolute atomic E-state index is 0.0170. The zero-order valence-corrected chi connectivity index (χ0v) is 20.5. The molecular weight excluding hydrogens is 461 g/mol. The number of nitrogens with one attached hydrogen (secondary N) is 3. The molecule has 3 aliphatic rings. The van der Waals surface area contributed by atoms with Crippen LogP contribution in [0.3, 0.4) is 0 Å². The fourth-order valence-corrected chi connectivity index (χ4v) is 5.55. The zero-order valence-electron chi connectivity index (χ0n) is 20.5. The number of carbonyl (C=O) groups is 1. The van der Waals surface area contributed by atoms with E-state index < -0.39 is 17.2 Å². The average molecular weight is 497 g/mol. The van der Waals surface area contributed by atoms with E-state index in [4.69, 9.17) is 4.74 Å². The molecule has 194 valence electrons. The summed E-state index contributed by atoms with van der Waals surface area (Å²) in [5.74, 6) is 0.0283. The quantitative estimate of drug-likeness (QED) is 0.537. The lowest BCUT2D eigenvalue weighted by atomic mass is 9.74. The summed E-state index contributed by atoms with van der Waals surface area (Å²) in [6.07, 6.45) is 1.28. The molecule has 0 radical (unpaired) electrons. The van der Waals surface area contributed by atoms with Gasteiger partial charge in [0.25, 0.3) is 0 Å². The Morgan fingerprint density at radius 3 is 2.63 bits per heavy atom. The van der Waals surface area contributed by atoms with Gasteiger partial charge < -0.3 is 15.0 Å². The van der Waals surface area contributed by atoms with E-state index >= 15 is 0 Å². The minimum atomic E-state index is -4.51. The summed E-state index contributed by atoms with van der Waals surface area (Å²) in [4.78, 5) is 15.9. The molecule has 1 aromatic rings. The number of carbonyl (C=O) groups excluding carboxylic acids is 1. The largest absolute Gasteiger partial charge is 0.416 e. The SMILES string of the molecule is CC(C)[C@]1(C(=O)NCc2cc(N3C=NNN3)cc(C(F)(F)F)c2)CC[C@@H](N(C)C2CCOCC2)C1. The van der Waals surface area contributed by atoms with Gasteiger partial charge in [0, 0.05) is 31.8 Å². The van der Waals surface area contributed by atoms with Crippen LogP contribution in [0.4, 0.5) is 18.9 Å². The Labute approximate surface area is 204 Å². The number of anilines is 1. The van der Waals surface area contributed by atoms with E-state index in [1.165, 1.54) is 11.3 Å². The summed E-state index contributed by atoms with van der Waals surface area (Å²) in [6, 6.07) is 4.50. The van der Waals surface area contributed by atoms with Crippen molar-refractivity contribution in [1.82, 2.24) is 21.3 Å². The maximum absolute atomic E-state index is 13.5. The summed E-state index contributed by atoms with van der Waals surface area (Å²) >= 11 is 0. The Morgan fingerprint density at radius 2 is 2.00 bits per heavy atom. The van der Waals surface area contributed by atoms with Crippen molar-refractivity contribution < 1.29 is 22.7 Å². The normalized spacial score (nSPS) is 25.5. The van der Waals surface area contributed by atoms with E-state index in [-0.39, 0.29) is 24.1 Å². The summed E-state index contributed by atoms with van der Waals surface area (Å²) in [5.41, 5.74) is 4.45. The molecule has 3 N–H and O–H groups in total. The number of alkyl halides is 3. The maximum Gasteiger partial charge on any atom is 0.416 e. The van der Waals surface area contributed by atoms with Gasteiger partial charge in [0.05, 0.1) is 16.7 Å². The number of hydrogen-bond acceptors (Lipinski definition) is 7. The molecule has 2 fully saturated rings. The molecule has 1 amide bonds. The number of hydrogen-bond donors (Lipinski definition) is 3.